The van der Waals surface area contributed by atoms with E-state index in [9.17, 15) is 23.1 Å². The van der Waals surface area contributed by atoms with Crippen LogP contribution in [-0.4, -0.2) is 40.0 Å². The summed E-state index contributed by atoms with van der Waals surface area (Å²) in [5.74, 6) is 4.43. The lowest BCUT2D eigenvalue weighted by Crippen LogP contribution is -2.61. The molecule has 4 N–H and O–H groups in total. The Morgan fingerprint density at radius 2 is 1.97 bits per heavy atom. The standard InChI is InChI=1S/C24H26F3NO4/c1-16(13-21(29)30)10-11-23(31)17(2)14-20(15-22(23,3)28)32-12-4-5-18-6-8-19(9-7-18)24(25,26)27/h6-11,13-14,20,31H,12,15,28H2,1-3H3,(H,29,30)/b11-10+,16-13-/t20-,22+,23-/m1/s1. The molecule has 172 valence electrons. The van der Waals surface area contributed by atoms with Crippen molar-refractivity contribution in [1.82, 2.24) is 0 Å². The summed E-state index contributed by atoms with van der Waals surface area (Å²) in [5.41, 5.74) is 4.49. The monoisotopic (exact) mass is 449 g/mol. The summed E-state index contributed by atoms with van der Waals surface area (Å²) in [4.78, 5) is 10.8. The van der Waals surface area contributed by atoms with Crippen molar-refractivity contribution >= 4 is 5.97 Å². The van der Waals surface area contributed by atoms with Crippen LogP contribution in [0.4, 0.5) is 13.2 Å². The van der Waals surface area contributed by atoms with Crippen molar-refractivity contribution in [3.8, 4) is 11.8 Å². The molecule has 0 aromatic heterocycles. The minimum atomic E-state index is -4.39. The van der Waals surface area contributed by atoms with Crippen molar-refractivity contribution in [1.29, 1.82) is 0 Å². The van der Waals surface area contributed by atoms with E-state index in [1.54, 1.807) is 26.8 Å². The van der Waals surface area contributed by atoms with Crippen molar-refractivity contribution < 1.29 is 32.9 Å². The number of hydrogen-bond donors (Lipinski definition) is 3. The van der Waals surface area contributed by atoms with E-state index < -0.39 is 35.0 Å². The average Bonchev–Trinajstić information content (AvgIpc) is 2.67. The second-order valence-corrected chi connectivity index (χ2v) is 8.02. The van der Waals surface area contributed by atoms with Crippen molar-refractivity contribution in [3.63, 3.8) is 0 Å². The Kier molecular flexibility index (Phi) is 7.73. The minimum Gasteiger partial charge on any atom is -0.478 e. The molecule has 0 heterocycles. The van der Waals surface area contributed by atoms with Gasteiger partial charge in [-0.25, -0.2) is 4.79 Å². The lowest BCUT2D eigenvalue weighted by Gasteiger charge is -2.46. The first kappa shape index (κ1) is 25.4. The molecule has 0 bridgehead atoms. The molecule has 0 saturated heterocycles. The smallest absolute Gasteiger partial charge is 0.416 e. The number of ether oxygens (including phenoxy) is 1. The third-order valence-electron chi connectivity index (χ3n) is 5.29. The number of benzene rings is 1. The van der Waals surface area contributed by atoms with Crippen molar-refractivity contribution in [3.05, 3.63) is 70.8 Å². The minimum absolute atomic E-state index is 0.0280. The number of halogens is 3. The Morgan fingerprint density at radius 1 is 1.34 bits per heavy atom. The Balaban J connectivity index is 2.06. The largest absolute Gasteiger partial charge is 0.478 e. The summed E-state index contributed by atoms with van der Waals surface area (Å²) in [6.07, 6.45) is 1.20. The maximum atomic E-state index is 12.6. The number of aliphatic hydroxyl groups is 1. The molecule has 1 aromatic carbocycles. The lowest BCUT2D eigenvalue weighted by molar-refractivity contribution is -0.137. The molecular formula is C24H26F3NO4. The zero-order chi connectivity index (χ0) is 24.2. The van der Waals surface area contributed by atoms with Gasteiger partial charge in [-0.15, -0.1) is 0 Å². The normalized spacial score (nSPS) is 26.4. The van der Waals surface area contributed by atoms with Gasteiger partial charge in [-0.05, 0) is 68.7 Å². The number of carbonyl (C=O) groups is 1. The highest BCUT2D eigenvalue weighted by Gasteiger charge is 2.47. The van der Waals surface area contributed by atoms with E-state index in [2.05, 4.69) is 11.8 Å². The van der Waals surface area contributed by atoms with Gasteiger partial charge in [0.15, 0.2) is 0 Å². The van der Waals surface area contributed by atoms with Crippen LogP contribution < -0.4 is 5.73 Å². The van der Waals surface area contributed by atoms with E-state index in [4.69, 9.17) is 15.6 Å². The molecule has 2 rings (SSSR count). The van der Waals surface area contributed by atoms with E-state index in [1.165, 1.54) is 24.3 Å². The number of carboxylic acid groups (broad SMARTS) is 1. The fourth-order valence-electron chi connectivity index (χ4n) is 3.44. The van der Waals surface area contributed by atoms with Gasteiger partial charge in [0.1, 0.15) is 12.2 Å². The zero-order valence-corrected chi connectivity index (χ0v) is 18.0. The molecule has 3 atom stereocenters. The van der Waals surface area contributed by atoms with Crippen LogP contribution in [0.5, 0.6) is 0 Å². The lowest BCUT2D eigenvalue weighted by atomic mass is 9.69. The maximum Gasteiger partial charge on any atom is 0.416 e. The molecule has 8 heteroatoms. The van der Waals surface area contributed by atoms with Crippen LogP contribution in [0.3, 0.4) is 0 Å². The van der Waals surface area contributed by atoms with Crippen LogP contribution in [0.1, 0.15) is 38.3 Å². The quantitative estimate of drug-likeness (QED) is 0.275. The molecule has 0 aliphatic heterocycles. The zero-order valence-electron chi connectivity index (χ0n) is 18.0. The second kappa shape index (κ2) is 9.74. The van der Waals surface area contributed by atoms with E-state index in [-0.39, 0.29) is 13.0 Å². The maximum absolute atomic E-state index is 12.6. The summed E-state index contributed by atoms with van der Waals surface area (Å²) in [6, 6.07) is 4.54. The second-order valence-electron chi connectivity index (χ2n) is 8.02. The highest BCUT2D eigenvalue weighted by atomic mass is 19.4. The number of hydrogen-bond acceptors (Lipinski definition) is 4. The number of allylic oxidation sites excluding steroid dienone is 2. The molecule has 0 unspecified atom stereocenters. The topological polar surface area (TPSA) is 92.8 Å². The molecule has 5 nitrogen and oxygen atoms in total. The van der Waals surface area contributed by atoms with Gasteiger partial charge in [-0.2, -0.15) is 13.2 Å². The summed E-state index contributed by atoms with van der Waals surface area (Å²) in [6.45, 7) is 5.01. The van der Waals surface area contributed by atoms with Crippen LogP contribution >= 0.6 is 0 Å². The van der Waals surface area contributed by atoms with Crippen LogP contribution in [0.15, 0.2) is 59.7 Å². The van der Waals surface area contributed by atoms with Crippen LogP contribution in [0.2, 0.25) is 0 Å². The Hall–Kier alpha value is -2.86. The summed E-state index contributed by atoms with van der Waals surface area (Å²) in [7, 11) is 0. The average molecular weight is 449 g/mol. The van der Waals surface area contributed by atoms with Crippen molar-refractivity contribution in [2.75, 3.05) is 6.61 Å². The fourth-order valence-corrected chi connectivity index (χ4v) is 3.44. The first-order chi connectivity index (χ1) is 14.7. The highest BCUT2D eigenvalue weighted by Crippen LogP contribution is 2.38. The van der Waals surface area contributed by atoms with Crippen molar-refractivity contribution in [2.45, 2.75) is 50.6 Å². The summed E-state index contributed by atoms with van der Waals surface area (Å²) < 4.78 is 43.5. The molecule has 0 radical (unpaired) electrons. The summed E-state index contributed by atoms with van der Waals surface area (Å²) in [5, 5.41) is 20.0. The first-order valence-electron chi connectivity index (χ1n) is 9.83. The van der Waals surface area contributed by atoms with E-state index in [1.807, 2.05) is 0 Å². The van der Waals surface area contributed by atoms with E-state index >= 15 is 0 Å². The molecule has 1 aliphatic carbocycles. The molecule has 0 amide bonds. The number of carboxylic acids is 1. The number of nitrogens with two attached hydrogens (primary N) is 1. The third-order valence-corrected chi connectivity index (χ3v) is 5.29. The van der Waals surface area contributed by atoms with Gasteiger partial charge in [0, 0.05) is 11.6 Å². The van der Waals surface area contributed by atoms with Gasteiger partial charge < -0.3 is 20.7 Å². The molecule has 32 heavy (non-hydrogen) atoms. The van der Waals surface area contributed by atoms with Gasteiger partial charge in [0.2, 0.25) is 0 Å². The van der Waals surface area contributed by atoms with Crippen molar-refractivity contribution in [2.24, 2.45) is 5.73 Å². The van der Waals surface area contributed by atoms with Crippen LogP contribution in [0, 0.1) is 11.8 Å². The highest BCUT2D eigenvalue weighted by molar-refractivity contribution is 5.81. The first-order valence-corrected chi connectivity index (χ1v) is 9.83. The predicted molar refractivity (Wildman–Crippen MR) is 115 cm³/mol. The van der Waals surface area contributed by atoms with E-state index in [0.717, 1.165) is 18.2 Å². The van der Waals surface area contributed by atoms with Gasteiger partial charge in [-0.3, -0.25) is 0 Å². The summed E-state index contributed by atoms with van der Waals surface area (Å²) >= 11 is 0. The van der Waals surface area contributed by atoms with E-state index in [0.29, 0.717) is 16.7 Å². The number of alkyl halides is 3. The Labute approximate surface area is 185 Å². The Morgan fingerprint density at radius 3 is 2.50 bits per heavy atom. The Bertz CT molecular complexity index is 995. The molecule has 0 saturated carbocycles. The van der Waals surface area contributed by atoms with Gasteiger partial charge in [-0.1, -0.05) is 24.0 Å². The number of aliphatic carboxylic acids is 1. The molecule has 0 spiro atoms. The van der Waals surface area contributed by atoms with Gasteiger partial charge in [0.25, 0.3) is 0 Å². The predicted octanol–water partition coefficient (Wildman–Crippen LogP) is 3.83. The third kappa shape index (κ3) is 6.33. The fraction of sp³-hybridized carbons (Fsp3) is 0.375. The van der Waals surface area contributed by atoms with Gasteiger partial charge in [0.05, 0.1) is 17.2 Å². The molecule has 1 aliphatic rings. The molecule has 1 aromatic rings. The van der Waals surface area contributed by atoms with Crippen LogP contribution in [0.25, 0.3) is 0 Å². The van der Waals surface area contributed by atoms with Crippen LogP contribution in [-0.2, 0) is 15.7 Å². The SMILES string of the molecule is CC1=C[C@@H](OCC#Cc2ccc(C(F)(F)F)cc2)C[C@](C)(N)[C@@]1(O)/C=C/C(C)=C\C(=O)O. The molecule has 0 fully saturated rings. The molecular weight excluding hydrogens is 423 g/mol. The van der Waals surface area contributed by atoms with Gasteiger partial charge >= 0.3 is 12.1 Å². The number of rotatable bonds is 5.